The van der Waals surface area contributed by atoms with Gasteiger partial charge in [-0.2, -0.15) is 0 Å². The minimum absolute atomic E-state index is 0.00275. The van der Waals surface area contributed by atoms with Crippen molar-refractivity contribution in [1.29, 1.82) is 0 Å². The lowest BCUT2D eigenvalue weighted by Crippen LogP contribution is -2.45. The zero-order chi connectivity index (χ0) is 16.7. The molecule has 0 aromatic carbocycles. The summed E-state index contributed by atoms with van der Waals surface area (Å²) in [6.45, 7) is 12.1. The van der Waals surface area contributed by atoms with Crippen LogP contribution in [0.3, 0.4) is 0 Å². The summed E-state index contributed by atoms with van der Waals surface area (Å²) in [6.07, 6.45) is 10.6. The monoisotopic (exact) mass is 301 g/mol. The molecule has 0 fully saturated rings. The Balaban J connectivity index is 0. The zero-order valence-electron chi connectivity index (χ0n) is 15.3. The average Bonchev–Trinajstić information content (AvgIpc) is 2.38. The molecule has 1 amide bonds. The van der Waals surface area contributed by atoms with Gasteiger partial charge in [-0.3, -0.25) is 4.79 Å². The van der Waals surface area contributed by atoms with Crippen LogP contribution >= 0.6 is 0 Å². The van der Waals surface area contributed by atoms with Crippen LogP contribution in [0.5, 0.6) is 0 Å². The molecular formula is C18H39NO2. The molecule has 0 spiro atoms. The number of unbranched alkanes of at least 4 members (excludes halogenated alkanes) is 6. The molecule has 0 rings (SSSR count). The summed E-state index contributed by atoms with van der Waals surface area (Å²) in [5.74, 6) is 0.0383. The van der Waals surface area contributed by atoms with E-state index in [1.165, 1.54) is 44.9 Å². The highest BCUT2D eigenvalue weighted by Crippen LogP contribution is 2.08. The second-order valence-corrected chi connectivity index (χ2v) is 6.77. The molecule has 0 aliphatic carbocycles. The van der Waals surface area contributed by atoms with Crippen LogP contribution in [0.15, 0.2) is 0 Å². The van der Waals surface area contributed by atoms with Crippen molar-refractivity contribution in [1.82, 2.24) is 5.32 Å². The number of hydrogen-bond acceptors (Lipinski definition) is 2. The zero-order valence-corrected chi connectivity index (χ0v) is 15.3. The molecule has 0 aliphatic rings. The highest BCUT2D eigenvalue weighted by Gasteiger charge is 2.20. The molecule has 0 aliphatic heterocycles. The summed E-state index contributed by atoms with van der Waals surface area (Å²) < 4.78 is 0. The third kappa shape index (κ3) is 17.4. The molecule has 3 heteroatoms. The van der Waals surface area contributed by atoms with Crippen LogP contribution in [0.2, 0.25) is 0 Å². The molecule has 128 valence electrons. The number of aliphatic hydroxyl groups excluding tert-OH is 1. The lowest BCUT2D eigenvalue weighted by atomic mass is 10.00. The van der Waals surface area contributed by atoms with Crippen molar-refractivity contribution < 1.29 is 9.90 Å². The number of aliphatic hydroxyl groups is 1. The fraction of sp³-hybridized carbons (Fsp3) is 0.944. The molecule has 0 heterocycles. The number of rotatable bonds is 10. The van der Waals surface area contributed by atoms with E-state index in [1.807, 2.05) is 27.7 Å². The molecular weight excluding hydrogens is 262 g/mol. The lowest BCUT2D eigenvalue weighted by Gasteiger charge is -2.26. The van der Waals surface area contributed by atoms with Crippen LogP contribution in [0, 0.1) is 5.92 Å². The van der Waals surface area contributed by atoms with E-state index in [1.54, 1.807) is 0 Å². The van der Waals surface area contributed by atoms with Crippen molar-refractivity contribution in [3.8, 4) is 0 Å². The van der Waals surface area contributed by atoms with E-state index >= 15 is 0 Å². The molecule has 0 bridgehead atoms. The van der Waals surface area contributed by atoms with Crippen molar-refractivity contribution in [3.05, 3.63) is 0 Å². The Morgan fingerprint density at radius 1 is 1.00 bits per heavy atom. The Bertz CT molecular complexity index is 231. The van der Waals surface area contributed by atoms with E-state index in [0.29, 0.717) is 6.42 Å². The van der Waals surface area contributed by atoms with Crippen molar-refractivity contribution in [3.63, 3.8) is 0 Å². The predicted molar refractivity (Wildman–Crippen MR) is 92.4 cm³/mol. The van der Waals surface area contributed by atoms with E-state index in [0.717, 1.165) is 0 Å². The predicted octanol–water partition coefficient (Wildman–Crippen LogP) is 4.68. The van der Waals surface area contributed by atoms with Crippen LogP contribution < -0.4 is 5.32 Å². The number of carbonyl (C=O) groups excluding carboxylic acids is 1. The Morgan fingerprint density at radius 2 is 1.43 bits per heavy atom. The Hall–Kier alpha value is -0.570. The third-order valence-electron chi connectivity index (χ3n) is 3.43. The van der Waals surface area contributed by atoms with Crippen molar-refractivity contribution in [2.45, 2.75) is 98.4 Å². The fourth-order valence-corrected chi connectivity index (χ4v) is 1.85. The van der Waals surface area contributed by atoms with Gasteiger partial charge < -0.3 is 10.4 Å². The quantitative estimate of drug-likeness (QED) is 0.576. The van der Waals surface area contributed by atoms with Crippen molar-refractivity contribution >= 4 is 5.91 Å². The van der Waals surface area contributed by atoms with E-state index in [-0.39, 0.29) is 24.0 Å². The van der Waals surface area contributed by atoms with Crippen LogP contribution in [-0.4, -0.2) is 23.2 Å². The van der Waals surface area contributed by atoms with Gasteiger partial charge in [-0.15, -0.1) is 0 Å². The summed E-state index contributed by atoms with van der Waals surface area (Å²) in [6, 6.07) is 0. The molecule has 3 nitrogen and oxygen atoms in total. The topological polar surface area (TPSA) is 49.3 Å². The van der Waals surface area contributed by atoms with Crippen molar-refractivity contribution in [2.24, 2.45) is 5.92 Å². The Labute approximate surface area is 132 Å². The van der Waals surface area contributed by atoms with Gasteiger partial charge in [-0.25, -0.2) is 0 Å². The molecule has 0 aromatic heterocycles. The maximum absolute atomic E-state index is 11.2. The van der Waals surface area contributed by atoms with Crippen LogP contribution in [0.1, 0.15) is 92.9 Å². The summed E-state index contributed by atoms with van der Waals surface area (Å²) >= 11 is 0. The molecule has 0 radical (unpaired) electrons. The number of carbonyl (C=O) groups is 1. The standard InChI is InChI=1S/C9H19NO2.C9H20/c1-7(2)8(12)10-9(3,4)5-6-11;1-3-5-7-9-8-6-4-2/h7,11H,5-6H2,1-4H3,(H,10,12);3-9H2,1-2H3. The average molecular weight is 302 g/mol. The minimum atomic E-state index is -0.296. The second-order valence-electron chi connectivity index (χ2n) is 6.77. The molecule has 0 atom stereocenters. The first-order valence-corrected chi connectivity index (χ1v) is 8.73. The minimum Gasteiger partial charge on any atom is -0.396 e. The molecule has 21 heavy (non-hydrogen) atoms. The van der Waals surface area contributed by atoms with Gasteiger partial charge in [0.1, 0.15) is 0 Å². The Morgan fingerprint density at radius 3 is 1.76 bits per heavy atom. The van der Waals surface area contributed by atoms with E-state index < -0.39 is 0 Å². The van der Waals surface area contributed by atoms with Gasteiger partial charge in [0, 0.05) is 18.1 Å². The summed E-state index contributed by atoms with van der Waals surface area (Å²) in [5, 5.41) is 11.6. The molecule has 0 saturated carbocycles. The molecule has 2 N–H and O–H groups in total. The summed E-state index contributed by atoms with van der Waals surface area (Å²) in [4.78, 5) is 11.2. The highest BCUT2D eigenvalue weighted by molar-refractivity contribution is 5.78. The number of hydrogen-bond donors (Lipinski definition) is 2. The first-order valence-electron chi connectivity index (χ1n) is 8.73. The molecule has 0 unspecified atom stereocenters. The molecule has 0 saturated heterocycles. The van der Waals surface area contributed by atoms with Gasteiger partial charge >= 0.3 is 0 Å². The first kappa shape index (κ1) is 22.7. The Kier molecular flexibility index (Phi) is 15.5. The van der Waals surface area contributed by atoms with E-state index in [4.69, 9.17) is 5.11 Å². The normalized spacial score (nSPS) is 11.0. The smallest absolute Gasteiger partial charge is 0.222 e. The lowest BCUT2D eigenvalue weighted by molar-refractivity contribution is -0.125. The van der Waals surface area contributed by atoms with Crippen LogP contribution in [0.25, 0.3) is 0 Å². The maximum atomic E-state index is 11.2. The van der Waals surface area contributed by atoms with Crippen molar-refractivity contribution in [2.75, 3.05) is 6.61 Å². The maximum Gasteiger partial charge on any atom is 0.222 e. The fourth-order valence-electron chi connectivity index (χ4n) is 1.85. The van der Waals surface area contributed by atoms with Gasteiger partial charge in [0.05, 0.1) is 0 Å². The number of amides is 1. The highest BCUT2D eigenvalue weighted by atomic mass is 16.3. The van der Waals surface area contributed by atoms with Gasteiger partial charge in [0.15, 0.2) is 0 Å². The third-order valence-corrected chi connectivity index (χ3v) is 3.43. The van der Waals surface area contributed by atoms with E-state index in [9.17, 15) is 4.79 Å². The van der Waals surface area contributed by atoms with Crippen LogP contribution in [-0.2, 0) is 4.79 Å². The van der Waals surface area contributed by atoms with Gasteiger partial charge in [-0.1, -0.05) is 72.6 Å². The van der Waals surface area contributed by atoms with E-state index in [2.05, 4.69) is 19.2 Å². The summed E-state index contributed by atoms with van der Waals surface area (Å²) in [5.41, 5.74) is -0.296. The SMILES string of the molecule is CC(C)C(=O)NC(C)(C)CCO.CCCCCCCCC. The number of nitrogens with one attached hydrogen (secondary N) is 1. The van der Waals surface area contributed by atoms with Crippen LogP contribution in [0.4, 0.5) is 0 Å². The first-order chi connectivity index (χ1) is 9.80. The summed E-state index contributed by atoms with van der Waals surface area (Å²) in [7, 11) is 0. The molecule has 0 aromatic rings. The van der Waals surface area contributed by atoms with Gasteiger partial charge in [0.25, 0.3) is 0 Å². The largest absolute Gasteiger partial charge is 0.396 e. The second kappa shape index (κ2) is 14.4. The van der Waals surface area contributed by atoms with Gasteiger partial charge in [-0.05, 0) is 20.3 Å². The van der Waals surface area contributed by atoms with Gasteiger partial charge in [0.2, 0.25) is 5.91 Å².